The molecule has 0 aromatic carbocycles. The van der Waals surface area contributed by atoms with Crippen molar-refractivity contribution in [1.29, 1.82) is 0 Å². The number of aromatic nitrogens is 1. The Morgan fingerprint density at radius 2 is 2.50 bits per heavy atom. The Morgan fingerprint density at radius 1 is 1.71 bits per heavy atom. The zero-order valence-corrected chi connectivity index (χ0v) is 9.94. The van der Waals surface area contributed by atoms with Gasteiger partial charge < -0.3 is 5.73 Å². The van der Waals surface area contributed by atoms with Gasteiger partial charge in [0.05, 0.1) is 23.6 Å². The Kier molecular flexibility index (Phi) is 4.92. The summed E-state index contributed by atoms with van der Waals surface area (Å²) in [6, 6.07) is 0. The molecule has 1 rings (SSSR count). The third-order valence-corrected chi connectivity index (χ3v) is 3.06. The highest BCUT2D eigenvalue weighted by molar-refractivity contribution is 8.13. The van der Waals surface area contributed by atoms with Crippen LogP contribution in [0.4, 0.5) is 0 Å². The van der Waals surface area contributed by atoms with E-state index in [0.717, 1.165) is 11.6 Å². The molecular formula is C8H14N4S2. The predicted octanol–water partition coefficient (Wildman–Crippen LogP) is 1.21. The molecule has 0 saturated carbocycles. The number of nitrogens with zero attached hydrogens (tertiary/aromatic N) is 3. The van der Waals surface area contributed by atoms with Gasteiger partial charge in [0, 0.05) is 5.38 Å². The third-order valence-electron chi connectivity index (χ3n) is 1.35. The lowest BCUT2D eigenvalue weighted by molar-refractivity contribution is 0.486. The number of thioether (sulfide) groups is 1. The molecule has 6 heteroatoms. The fourth-order valence-corrected chi connectivity index (χ4v) is 1.81. The quantitative estimate of drug-likeness (QED) is 0.480. The van der Waals surface area contributed by atoms with Crippen molar-refractivity contribution >= 4 is 28.3 Å². The molecule has 0 saturated heterocycles. The minimum atomic E-state index is 0.579. The van der Waals surface area contributed by atoms with E-state index in [0.29, 0.717) is 11.7 Å². The zero-order chi connectivity index (χ0) is 10.4. The highest BCUT2D eigenvalue weighted by Crippen LogP contribution is 2.05. The van der Waals surface area contributed by atoms with Crippen LogP contribution in [-0.2, 0) is 6.54 Å². The lowest BCUT2D eigenvalue weighted by Crippen LogP contribution is -2.16. The van der Waals surface area contributed by atoms with Gasteiger partial charge in [-0.15, -0.1) is 11.3 Å². The molecule has 1 heterocycles. The lowest BCUT2D eigenvalue weighted by Gasteiger charge is -2.07. The molecule has 0 aliphatic rings. The van der Waals surface area contributed by atoms with Crippen LogP contribution in [0.1, 0.15) is 5.69 Å². The fraction of sp³-hybridized carbons (Fsp3) is 0.500. The Labute approximate surface area is 92.2 Å². The van der Waals surface area contributed by atoms with Crippen molar-refractivity contribution in [3.05, 3.63) is 16.6 Å². The number of aliphatic imine (C=N–C) groups is 1. The molecule has 78 valence electrons. The molecule has 2 N–H and O–H groups in total. The van der Waals surface area contributed by atoms with Crippen LogP contribution < -0.4 is 5.73 Å². The first-order valence-electron chi connectivity index (χ1n) is 4.13. The summed E-state index contributed by atoms with van der Waals surface area (Å²) in [6.45, 7) is 0.579. The monoisotopic (exact) mass is 230 g/mol. The molecule has 0 aliphatic carbocycles. The summed E-state index contributed by atoms with van der Waals surface area (Å²) >= 11 is 3.11. The summed E-state index contributed by atoms with van der Waals surface area (Å²) in [4.78, 5) is 10.4. The van der Waals surface area contributed by atoms with Gasteiger partial charge in [0.25, 0.3) is 0 Å². The van der Waals surface area contributed by atoms with Gasteiger partial charge in [-0.05, 0) is 14.1 Å². The van der Waals surface area contributed by atoms with Gasteiger partial charge in [0.2, 0.25) is 0 Å². The van der Waals surface area contributed by atoms with Gasteiger partial charge in [-0.3, -0.25) is 9.89 Å². The molecule has 0 fully saturated rings. The van der Waals surface area contributed by atoms with Crippen LogP contribution in [0.25, 0.3) is 0 Å². The second-order valence-electron chi connectivity index (χ2n) is 2.99. The van der Waals surface area contributed by atoms with Crippen LogP contribution in [-0.4, -0.2) is 35.0 Å². The largest absolute Gasteiger partial charge is 0.378 e. The SMILES string of the molecule is CN(C)CSC(N)=NCc1cscn1. The minimum absolute atomic E-state index is 0.579. The first kappa shape index (κ1) is 11.5. The predicted molar refractivity (Wildman–Crippen MR) is 63.6 cm³/mol. The molecule has 0 amide bonds. The number of thiazole rings is 1. The van der Waals surface area contributed by atoms with Crippen LogP contribution in [0.3, 0.4) is 0 Å². The van der Waals surface area contributed by atoms with Gasteiger partial charge >= 0.3 is 0 Å². The van der Waals surface area contributed by atoms with E-state index in [9.17, 15) is 0 Å². The Balaban J connectivity index is 2.30. The van der Waals surface area contributed by atoms with E-state index in [1.807, 2.05) is 19.5 Å². The van der Waals surface area contributed by atoms with E-state index in [4.69, 9.17) is 5.73 Å². The maximum atomic E-state index is 5.70. The van der Waals surface area contributed by atoms with Crippen molar-refractivity contribution in [2.75, 3.05) is 20.0 Å². The third kappa shape index (κ3) is 4.59. The van der Waals surface area contributed by atoms with Gasteiger partial charge in [-0.25, -0.2) is 4.98 Å². The van der Waals surface area contributed by atoms with Crippen LogP contribution >= 0.6 is 23.1 Å². The van der Waals surface area contributed by atoms with Crippen molar-refractivity contribution in [1.82, 2.24) is 9.88 Å². The van der Waals surface area contributed by atoms with Crippen molar-refractivity contribution in [2.45, 2.75) is 6.54 Å². The average molecular weight is 230 g/mol. The molecule has 1 aromatic heterocycles. The fourth-order valence-electron chi connectivity index (χ4n) is 0.715. The maximum absolute atomic E-state index is 5.70. The number of hydrogen-bond acceptors (Lipinski definition) is 5. The van der Waals surface area contributed by atoms with Crippen molar-refractivity contribution in [3.63, 3.8) is 0 Å². The normalized spacial score (nSPS) is 12.4. The molecule has 0 unspecified atom stereocenters. The molecule has 0 atom stereocenters. The first-order chi connectivity index (χ1) is 6.68. The molecule has 14 heavy (non-hydrogen) atoms. The van der Waals surface area contributed by atoms with Gasteiger partial charge in [-0.2, -0.15) is 0 Å². The minimum Gasteiger partial charge on any atom is -0.378 e. The van der Waals surface area contributed by atoms with Crippen LogP contribution in [0, 0.1) is 0 Å². The van der Waals surface area contributed by atoms with Gasteiger partial charge in [-0.1, -0.05) is 11.8 Å². The van der Waals surface area contributed by atoms with Crippen LogP contribution in [0.5, 0.6) is 0 Å². The maximum Gasteiger partial charge on any atom is 0.155 e. The zero-order valence-electron chi connectivity index (χ0n) is 8.30. The second-order valence-corrected chi connectivity index (χ2v) is 4.67. The van der Waals surface area contributed by atoms with Crippen LogP contribution in [0.2, 0.25) is 0 Å². The first-order valence-corrected chi connectivity index (χ1v) is 6.06. The average Bonchev–Trinajstić information content (AvgIpc) is 2.63. The Morgan fingerprint density at radius 3 is 3.07 bits per heavy atom. The van der Waals surface area contributed by atoms with E-state index >= 15 is 0 Å². The van der Waals surface area contributed by atoms with E-state index in [2.05, 4.69) is 14.9 Å². The Hall–Kier alpha value is -0.590. The smallest absolute Gasteiger partial charge is 0.155 e. The number of amidine groups is 1. The molecule has 0 bridgehead atoms. The molecule has 0 radical (unpaired) electrons. The summed E-state index contributed by atoms with van der Waals surface area (Å²) in [5.41, 5.74) is 8.48. The lowest BCUT2D eigenvalue weighted by atomic mass is 10.5. The summed E-state index contributed by atoms with van der Waals surface area (Å²) in [5.74, 6) is 0.854. The highest BCUT2D eigenvalue weighted by Gasteiger charge is 1.96. The standard InChI is InChI=1S/C8H14N4S2/c1-12(2)6-14-8(9)10-3-7-4-13-5-11-7/h4-5H,3,6H2,1-2H3,(H2,9,10). The summed E-state index contributed by atoms with van der Waals surface area (Å²) < 4.78 is 0. The summed E-state index contributed by atoms with van der Waals surface area (Å²) in [7, 11) is 4.00. The highest BCUT2D eigenvalue weighted by atomic mass is 32.2. The summed E-state index contributed by atoms with van der Waals surface area (Å²) in [6.07, 6.45) is 0. The summed E-state index contributed by atoms with van der Waals surface area (Å²) in [5, 5.41) is 2.60. The van der Waals surface area contributed by atoms with E-state index in [1.54, 1.807) is 16.8 Å². The number of rotatable bonds is 4. The van der Waals surface area contributed by atoms with Gasteiger partial charge in [0.1, 0.15) is 0 Å². The van der Waals surface area contributed by atoms with Crippen molar-refractivity contribution in [3.8, 4) is 0 Å². The van der Waals surface area contributed by atoms with E-state index in [-0.39, 0.29) is 0 Å². The number of hydrogen-bond donors (Lipinski definition) is 1. The van der Waals surface area contributed by atoms with Crippen molar-refractivity contribution in [2.24, 2.45) is 10.7 Å². The van der Waals surface area contributed by atoms with Crippen molar-refractivity contribution < 1.29 is 0 Å². The number of nitrogens with two attached hydrogens (primary N) is 1. The molecule has 4 nitrogen and oxygen atoms in total. The molecule has 0 aliphatic heterocycles. The molecular weight excluding hydrogens is 216 g/mol. The topological polar surface area (TPSA) is 54.5 Å². The second kappa shape index (κ2) is 6.00. The van der Waals surface area contributed by atoms with E-state index < -0.39 is 0 Å². The van der Waals surface area contributed by atoms with E-state index in [1.165, 1.54) is 11.8 Å². The molecule has 1 aromatic rings. The van der Waals surface area contributed by atoms with Crippen LogP contribution in [0.15, 0.2) is 15.9 Å². The Bertz CT molecular complexity index is 282. The van der Waals surface area contributed by atoms with Gasteiger partial charge in [0.15, 0.2) is 5.17 Å². The molecule has 0 spiro atoms.